The van der Waals surface area contributed by atoms with Crippen LogP contribution < -0.4 is 0 Å². The van der Waals surface area contributed by atoms with Crippen LogP contribution in [0.25, 0.3) is 0 Å². The first-order valence-corrected chi connectivity index (χ1v) is 8.24. The molecule has 1 aromatic rings. The summed E-state index contributed by atoms with van der Waals surface area (Å²) in [5, 5.41) is 0. The molecule has 0 saturated heterocycles. The lowest BCUT2D eigenvalue weighted by molar-refractivity contribution is 0.232. The smallest absolute Gasteiger partial charge is 0.305 e. The Hall–Kier alpha value is -0.960. The normalized spacial score (nSPS) is 19.5. The molecule has 104 valence electrons. The van der Waals surface area contributed by atoms with Crippen LogP contribution in [0.1, 0.15) is 31.7 Å². The molecule has 1 aliphatic heterocycles. The summed E-state index contributed by atoms with van der Waals surface area (Å²) in [5.41, 5.74) is 1.71. The van der Waals surface area contributed by atoms with Crippen LogP contribution in [0.3, 0.4) is 0 Å². The molecule has 0 bridgehead atoms. The van der Waals surface area contributed by atoms with Crippen molar-refractivity contribution in [2.75, 3.05) is 19.8 Å². The van der Waals surface area contributed by atoms with Crippen molar-refractivity contribution in [2.45, 2.75) is 26.2 Å². The summed E-state index contributed by atoms with van der Waals surface area (Å²) in [6.45, 7) is 5.03. The summed E-state index contributed by atoms with van der Waals surface area (Å²) in [7, 11) is -3.24. The summed E-state index contributed by atoms with van der Waals surface area (Å²) >= 11 is 0. The first-order valence-electron chi connectivity index (χ1n) is 6.70. The van der Waals surface area contributed by atoms with Crippen molar-refractivity contribution >= 4 is 13.0 Å². The Morgan fingerprint density at radius 3 is 2.42 bits per heavy atom. The van der Waals surface area contributed by atoms with Crippen molar-refractivity contribution in [3.05, 3.63) is 35.9 Å². The minimum atomic E-state index is -3.24. The molecule has 0 aromatic heterocycles. The van der Waals surface area contributed by atoms with Gasteiger partial charge in [0.1, 0.15) is 5.45 Å². The van der Waals surface area contributed by atoms with Crippen molar-refractivity contribution in [2.24, 2.45) is 4.99 Å². The third kappa shape index (κ3) is 3.14. The number of benzene rings is 1. The summed E-state index contributed by atoms with van der Waals surface area (Å²) in [6.07, 6.45) is 0.865. The number of nitrogens with zero attached hydrogens (tertiary/aromatic N) is 1. The maximum Gasteiger partial charge on any atom is 0.375 e. The molecule has 0 spiro atoms. The predicted molar refractivity (Wildman–Crippen MR) is 77.0 cm³/mol. The largest absolute Gasteiger partial charge is 0.375 e. The average molecular weight is 281 g/mol. The highest BCUT2D eigenvalue weighted by atomic mass is 31.2. The highest BCUT2D eigenvalue weighted by Gasteiger charge is 2.39. The topological polar surface area (TPSA) is 47.9 Å². The van der Waals surface area contributed by atoms with E-state index in [2.05, 4.69) is 4.99 Å². The van der Waals surface area contributed by atoms with E-state index < -0.39 is 7.60 Å². The zero-order chi connectivity index (χ0) is 13.7. The second-order valence-corrected chi connectivity index (χ2v) is 6.29. The van der Waals surface area contributed by atoms with E-state index in [1.807, 2.05) is 44.2 Å². The van der Waals surface area contributed by atoms with E-state index >= 15 is 0 Å². The van der Waals surface area contributed by atoms with E-state index in [-0.39, 0.29) is 5.92 Å². The lowest BCUT2D eigenvalue weighted by Gasteiger charge is -2.21. The summed E-state index contributed by atoms with van der Waals surface area (Å²) in [5.74, 6) is 0.0464. The number of hydrogen-bond donors (Lipinski definition) is 0. The molecule has 0 radical (unpaired) electrons. The van der Waals surface area contributed by atoms with Crippen LogP contribution >= 0.6 is 7.60 Å². The first kappa shape index (κ1) is 14.4. The molecule has 0 amide bonds. The van der Waals surface area contributed by atoms with Crippen molar-refractivity contribution in [3.8, 4) is 0 Å². The van der Waals surface area contributed by atoms with Crippen LogP contribution in [0.4, 0.5) is 0 Å². The molecule has 0 saturated carbocycles. The van der Waals surface area contributed by atoms with Crippen molar-refractivity contribution in [1.29, 1.82) is 0 Å². The highest BCUT2D eigenvalue weighted by molar-refractivity contribution is 7.72. The van der Waals surface area contributed by atoms with Crippen molar-refractivity contribution in [1.82, 2.24) is 0 Å². The zero-order valence-electron chi connectivity index (χ0n) is 11.4. The second-order valence-electron chi connectivity index (χ2n) is 4.32. The molecule has 1 heterocycles. The molecule has 19 heavy (non-hydrogen) atoms. The fourth-order valence-electron chi connectivity index (χ4n) is 2.34. The van der Waals surface area contributed by atoms with Crippen molar-refractivity contribution < 1.29 is 13.6 Å². The highest BCUT2D eigenvalue weighted by Crippen LogP contribution is 2.55. The van der Waals surface area contributed by atoms with Crippen LogP contribution in [0, 0.1) is 0 Å². The SMILES string of the molecule is CCOP(=O)(OCC)C1=NCCC1c1ccccc1. The average Bonchev–Trinajstić information content (AvgIpc) is 2.90. The Balaban J connectivity index is 2.29. The quantitative estimate of drug-likeness (QED) is 0.744. The summed E-state index contributed by atoms with van der Waals surface area (Å²) in [6, 6.07) is 10.0. The third-order valence-electron chi connectivity index (χ3n) is 3.08. The fourth-order valence-corrected chi connectivity index (χ4v) is 4.29. The van der Waals surface area contributed by atoms with Gasteiger partial charge in [-0.1, -0.05) is 30.3 Å². The maximum absolute atomic E-state index is 12.8. The van der Waals surface area contributed by atoms with Gasteiger partial charge >= 0.3 is 7.60 Å². The molecule has 1 atom stereocenters. The Bertz CT molecular complexity index is 477. The van der Waals surface area contributed by atoms with Gasteiger partial charge in [0.2, 0.25) is 0 Å². The lowest BCUT2D eigenvalue weighted by atomic mass is 9.99. The molecule has 1 unspecified atom stereocenters. The van der Waals surface area contributed by atoms with Crippen LogP contribution in [-0.4, -0.2) is 25.2 Å². The van der Waals surface area contributed by atoms with Gasteiger partial charge < -0.3 is 9.05 Å². The van der Waals surface area contributed by atoms with Crippen molar-refractivity contribution in [3.63, 3.8) is 0 Å². The molecular formula is C14H20NO3P. The van der Waals surface area contributed by atoms with E-state index in [0.29, 0.717) is 25.2 Å². The van der Waals surface area contributed by atoms with E-state index in [4.69, 9.17) is 9.05 Å². The van der Waals surface area contributed by atoms with Gasteiger partial charge in [0.15, 0.2) is 0 Å². The number of hydrogen-bond acceptors (Lipinski definition) is 4. The predicted octanol–water partition coefficient (Wildman–Crippen LogP) is 3.84. The van der Waals surface area contributed by atoms with E-state index in [1.54, 1.807) is 0 Å². The molecule has 0 aliphatic carbocycles. The van der Waals surface area contributed by atoms with Crippen LogP contribution in [-0.2, 0) is 13.6 Å². The lowest BCUT2D eigenvalue weighted by Crippen LogP contribution is -2.13. The van der Waals surface area contributed by atoms with Gasteiger partial charge in [0.05, 0.1) is 13.2 Å². The third-order valence-corrected chi connectivity index (χ3v) is 5.29. The van der Waals surface area contributed by atoms with Gasteiger partial charge in [0.25, 0.3) is 0 Å². The van der Waals surface area contributed by atoms with E-state index in [1.165, 1.54) is 0 Å². The van der Waals surface area contributed by atoms with Gasteiger partial charge in [-0.3, -0.25) is 9.56 Å². The van der Waals surface area contributed by atoms with Gasteiger partial charge in [-0.25, -0.2) is 0 Å². The molecule has 5 heteroatoms. The number of aliphatic imine (C=N–C) groups is 1. The van der Waals surface area contributed by atoms with Crippen LogP contribution in [0.15, 0.2) is 35.3 Å². The van der Waals surface area contributed by atoms with Gasteiger partial charge in [0, 0.05) is 12.5 Å². The molecule has 0 fully saturated rings. The second kappa shape index (κ2) is 6.47. The Morgan fingerprint density at radius 1 is 1.21 bits per heavy atom. The summed E-state index contributed by atoms with van der Waals surface area (Å²) in [4.78, 5) is 4.41. The van der Waals surface area contributed by atoms with E-state index in [9.17, 15) is 4.57 Å². The first-order chi connectivity index (χ1) is 9.21. The van der Waals surface area contributed by atoms with Gasteiger partial charge in [-0.05, 0) is 25.8 Å². The van der Waals surface area contributed by atoms with Gasteiger partial charge in [-0.15, -0.1) is 0 Å². The zero-order valence-corrected chi connectivity index (χ0v) is 12.3. The van der Waals surface area contributed by atoms with Crippen LogP contribution in [0.2, 0.25) is 0 Å². The summed E-state index contributed by atoms with van der Waals surface area (Å²) < 4.78 is 23.6. The standard InChI is InChI=1S/C14H20NO3P/c1-3-17-19(16,18-4-2)14-13(10-11-15-14)12-8-6-5-7-9-12/h5-9,13H,3-4,10-11H2,1-2H3. The maximum atomic E-state index is 12.8. The Labute approximate surface area is 114 Å². The van der Waals surface area contributed by atoms with E-state index in [0.717, 1.165) is 12.0 Å². The molecular weight excluding hydrogens is 261 g/mol. The molecule has 4 nitrogen and oxygen atoms in total. The molecule has 2 rings (SSSR count). The Morgan fingerprint density at radius 2 is 1.84 bits per heavy atom. The van der Waals surface area contributed by atoms with Crippen LogP contribution in [0.5, 0.6) is 0 Å². The molecule has 1 aliphatic rings. The number of rotatable bonds is 6. The minimum Gasteiger partial charge on any atom is -0.305 e. The molecule has 0 N–H and O–H groups in total. The Kier molecular flexibility index (Phi) is 4.92. The molecule has 1 aromatic carbocycles. The van der Waals surface area contributed by atoms with Gasteiger partial charge in [-0.2, -0.15) is 0 Å². The minimum absolute atomic E-state index is 0.0464. The fraction of sp³-hybridized carbons (Fsp3) is 0.500. The monoisotopic (exact) mass is 281 g/mol.